The molecule has 0 unspecified atom stereocenters. The van der Waals surface area contributed by atoms with E-state index in [1.54, 1.807) is 13.8 Å². The Hall–Kier alpha value is -3.41. The number of hydrogen-bond donors (Lipinski definition) is 1. The SMILES string of the molecule is CCOc1ncnc(OCC)c1C(=O)Nc1nc2c(s1)C(CC)(CC)Oc1cc(C(F)(F)F)ccc1-2. The van der Waals surface area contributed by atoms with Gasteiger partial charge in [0.25, 0.3) is 5.91 Å². The zero-order chi connectivity index (χ0) is 26.1. The minimum atomic E-state index is -4.50. The second-order valence-electron chi connectivity index (χ2n) is 7.89. The highest BCUT2D eigenvalue weighted by Crippen LogP contribution is 2.52. The van der Waals surface area contributed by atoms with Gasteiger partial charge in [-0.25, -0.2) is 15.0 Å². The number of fused-ring (bicyclic) bond motifs is 3. The van der Waals surface area contributed by atoms with Gasteiger partial charge in [-0.3, -0.25) is 10.1 Å². The first-order chi connectivity index (χ1) is 17.2. The van der Waals surface area contributed by atoms with E-state index in [1.165, 1.54) is 23.7 Å². The Morgan fingerprint density at radius 1 is 1.08 bits per heavy atom. The standard InChI is InChI=1S/C24H25F3N4O4S/c1-5-23(6-2)18-17(14-10-9-13(24(25,26)27)11-15(14)35-23)30-22(36-18)31-19(32)16-20(33-7-3)28-12-29-21(16)34-8-4/h9-12H,5-8H2,1-4H3,(H,30,31,32). The van der Waals surface area contributed by atoms with Gasteiger partial charge in [0.05, 0.1) is 29.3 Å². The molecule has 1 aliphatic heterocycles. The molecular formula is C24H25F3N4O4S. The van der Waals surface area contributed by atoms with Gasteiger partial charge in [-0.05, 0) is 44.9 Å². The lowest BCUT2D eigenvalue weighted by atomic mass is 9.89. The Morgan fingerprint density at radius 3 is 2.28 bits per heavy atom. The first kappa shape index (κ1) is 25.7. The zero-order valence-electron chi connectivity index (χ0n) is 20.2. The Morgan fingerprint density at radius 2 is 1.72 bits per heavy atom. The van der Waals surface area contributed by atoms with Crippen molar-refractivity contribution in [2.24, 2.45) is 0 Å². The summed E-state index contributed by atoms with van der Waals surface area (Å²) in [6.45, 7) is 7.86. The number of carbonyl (C=O) groups is 1. The van der Waals surface area contributed by atoms with E-state index in [0.29, 0.717) is 24.1 Å². The largest absolute Gasteiger partial charge is 0.481 e. The van der Waals surface area contributed by atoms with Crippen LogP contribution < -0.4 is 19.5 Å². The summed E-state index contributed by atoms with van der Waals surface area (Å²) < 4.78 is 57.2. The monoisotopic (exact) mass is 522 g/mol. The van der Waals surface area contributed by atoms with Gasteiger partial charge in [0.15, 0.2) is 10.7 Å². The van der Waals surface area contributed by atoms with E-state index >= 15 is 0 Å². The predicted molar refractivity (Wildman–Crippen MR) is 128 cm³/mol. The van der Waals surface area contributed by atoms with Crippen LogP contribution in [0.4, 0.5) is 18.3 Å². The number of anilines is 1. The van der Waals surface area contributed by atoms with Gasteiger partial charge in [0.2, 0.25) is 11.8 Å². The second kappa shape index (κ2) is 9.92. The molecule has 192 valence electrons. The molecule has 0 fully saturated rings. The summed E-state index contributed by atoms with van der Waals surface area (Å²) >= 11 is 1.21. The number of ether oxygens (including phenoxy) is 3. The second-order valence-corrected chi connectivity index (χ2v) is 8.89. The van der Waals surface area contributed by atoms with E-state index in [-0.39, 0.29) is 41.4 Å². The molecule has 0 atom stereocenters. The van der Waals surface area contributed by atoms with Crippen molar-refractivity contribution in [2.45, 2.75) is 52.3 Å². The summed E-state index contributed by atoms with van der Waals surface area (Å²) in [5.41, 5.74) is -0.743. The van der Waals surface area contributed by atoms with Gasteiger partial charge in [0, 0.05) is 5.56 Å². The van der Waals surface area contributed by atoms with Gasteiger partial charge in [0.1, 0.15) is 17.7 Å². The number of hydrogen-bond acceptors (Lipinski definition) is 8. The number of nitrogens with one attached hydrogen (secondary N) is 1. The number of amides is 1. The van der Waals surface area contributed by atoms with Gasteiger partial charge in [-0.1, -0.05) is 25.2 Å². The molecule has 1 amide bonds. The Labute approximate surface area is 209 Å². The lowest BCUT2D eigenvalue weighted by Crippen LogP contribution is -2.34. The smallest absolute Gasteiger partial charge is 0.416 e. The average molecular weight is 523 g/mol. The molecule has 36 heavy (non-hydrogen) atoms. The van der Waals surface area contributed by atoms with E-state index in [9.17, 15) is 18.0 Å². The molecule has 12 heteroatoms. The molecule has 1 aromatic carbocycles. The fraction of sp³-hybridized carbons (Fsp3) is 0.417. The number of halogens is 3. The number of rotatable bonds is 8. The molecule has 8 nitrogen and oxygen atoms in total. The van der Waals surface area contributed by atoms with E-state index in [4.69, 9.17) is 14.2 Å². The van der Waals surface area contributed by atoms with Gasteiger partial charge in [-0.15, -0.1) is 0 Å². The van der Waals surface area contributed by atoms with Crippen molar-refractivity contribution in [3.8, 4) is 28.8 Å². The lowest BCUT2D eigenvalue weighted by molar-refractivity contribution is -0.137. The van der Waals surface area contributed by atoms with E-state index in [1.807, 2.05) is 13.8 Å². The summed E-state index contributed by atoms with van der Waals surface area (Å²) in [6, 6.07) is 3.35. The van der Waals surface area contributed by atoms with Crippen LogP contribution in [-0.2, 0) is 11.8 Å². The maximum absolute atomic E-state index is 13.3. The van der Waals surface area contributed by atoms with Crippen molar-refractivity contribution in [3.05, 3.63) is 40.5 Å². The fourth-order valence-electron chi connectivity index (χ4n) is 4.02. The van der Waals surface area contributed by atoms with Crippen LogP contribution in [0, 0.1) is 0 Å². The van der Waals surface area contributed by atoms with E-state index in [0.717, 1.165) is 17.0 Å². The Kier molecular flexibility index (Phi) is 7.07. The third-order valence-electron chi connectivity index (χ3n) is 5.84. The molecule has 3 aromatic rings. The summed E-state index contributed by atoms with van der Waals surface area (Å²) in [5, 5.41) is 3.01. The normalized spacial score (nSPS) is 13.9. The molecule has 0 saturated heterocycles. The van der Waals surface area contributed by atoms with Crippen molar-refractivity contribution < 1.29 is 32.2 Å². The molecule has 3 heterocycles. The van der Waals surface area contributed by atoms with Crippen LogP contribution in [0.15, 0.2) is 24.5 Å². The molecule has 0 radical (unpaired) electrons. The summed E-state index contributed by atoms with van der Waals surface area (Å²) in [5.74, 6) is -0.335. The molecule has 1 aliphatic rings. The average Bonchev–Trinajstić information content (AvgIpc) is 3.27. The maximum Gasteiger partial charge on any atom is 0.416 e. The minimum Gasteiger partial charge on any atom is -0.481 e. The third kappa shape index (κ3) is 4.57. The predicted octanol–water partition coefficient (Wildman–Crippen LogP) is 6.08. The fourth-order valence-corrected chi connectivity index (χ4v) is 5.26. The zero-order valence-corrected chi connectivity index (χ0v) is 21.0. The van der Waals surface area contributed by atoms with Crippen molar-refractivity contribution in [1.29, 1.82) is 0 Å². The van der Waals surface area contributed by atoms with Gasteiger partial charge < -0.3 is 14.2 Å². The molecule has 4 rings (SSSR count). The summed E-state index contributed by atoms with van der Waals surface area (Å²) in [4.78, 5) is 26.7. The molecule has 0 bridgehead atoms. The van der Waals surface area contributed by atoms with Crippen LogP contribution in [0.2, 0.25) is 0 Å². The van der Waals surface area contributed by atoms with Crippen molar-refractivity contribution in [1.82, 2.24) is 15.0 Å². The molecule has 1 N–H and O–H groups in total. The van der Waals surface area contributed by atoms with Gasteiger partial charge >= 0.3 is 6.18 Å². The number of benzene rings is 1. The summed E-state index contributed by atoms with van der Waals surface area (Å²) in [7, 11) is 0. The van der Waals surface area contributed by atoms with Crippen molar-refractivity contribution in [2.75, 3.05) is 18.5 Å². The highest BCUT2D eigenvalue weighted by molar-refractivity contribution is 7.16. The first-order valence-corrected chi connectivity index (χ1v) is 12.3. The third-order valence-corrected chi connectivity index (χ3v) is 7.00. The minimum absolute atomic E-state index is 0.0260. The quantitative estimate of drug-likeness (QED) is 0.383. The maximum atomic E-state index is 13.3. The van der Waals surface area contributed by atoms with Crippen molar-refractivity contribution in [3.63, 3.8) is 0 Å². The van der Waals surface area contributed by atoms with Crippen LogP contribution in [0.25, 0.3) is 11.3 Å². The van der Waals surface area contributed by atoms with Crippen molar-refractivity contribution >= 4 is 22.4 Å². The molecule has 0 aliphatic carbocycles. The lowest BCUT2D eigenvalue weighted by Gasteiger charge is -2.36. The Bertz CT molecular complexity index is 1250. The molecule has 0 spiro atoms. The van der Waals surface area contributed by atoms with Crippen LogP contribution >= 0.6 is 11.3 Å². The number of alkyl halides is 3. The molecule has 2 aromatic heterocycles. The van der Waals surface area contributed by atoms with Crippen LogP contribution in [0.5, 0.6) is 17.5 Å². The van der Waals surface area contributed by atoms with Crippen LogP contribution in [-0.4, -0.2) is 34.1 Å². The number of thiazole rings is 1. The molecular weight excluding hydrogens is 497 g/mol. The highest BCUT2D eigenvalue weighted by atomic mass is 32.1. The Balaban J connectivity index is 1.77. The van der Waals surface area contributed by atoms with E-state index in [2.05, 4.69) is 20.3 Å². The first-order valence-electron chi connectivity index (χ1n) is 11.5. The topological polar surface area (TPSA) is 95.5 Å². The number of nitrogens with zero attached hydrogens (tertiary/aromatic N) is 3. The van der Waals surface area contributed by atoms with E-state index < -0.39 is 23.2 Å². The van der Waals surface area contributed by atoms with Crippen LogP contribution in [0.1, 0.15) is 61.3 Å². The van der Waals surface area contributed by atoms with Gasteiger partial charge in [-0.2, -0.15) is 13.2 Å². The summed E-state index contributed by atoms with van der Waals surface area (Å²) in [6.07, 6.45) is -2.26. The highest BCUT2D eigenvalue weighted by Gasteiger charge is 2.43. The number of carbonyl (C=O) groups excluding carboxylic acids is 1. The molecule has 0 saturated carbocycles. The number of aromatic nitrogens is 3. The van der Waals surface area contributed by atoms with Crippen LogP contribution in [0.3, 0.4) is 0 Å².